The van der Waals surface area contributed by atoms with Crippen molar-refractivity contribution in [2.24, 2.45) is 0 Å². The van der Waals surface area contributed by atoms with E-state index in [0.29, 0.717) is 24.3 Å². The summed E-state index contributed by atoms with van der Waals surface area (Å²) in [7, 11) is 0. The number of aromatic amines is 1. The normalized spacial score (nSPS) is 22.1. The summed E-state index contributed by atoms with van der Waals surface area (Å²) >= 11 is 0. The zero-order chi connectivity index (χ0) is 21.8. The second-order valence-electron chi connectivity index (χ2n) is 8.36. The van der Waals surface area contributed by atoms with E-state index in [9.17, 15) is 22.4 Å². The van der Waals surface area contributed by atoms with Gasteiger partial charge in [-0.05, 0) is 67.5 Å². The molecule has 0 spiro atoms. The molecule has 0 unspecified atom stereocenters. The molecule has 8 heteroatoms. The van der Waals surface area contributed by atoms with Crippen LogP contribution in [0.1, 0.15) is 42.7 Å². The first-order chi connectivity index (χ1) is 14.7. The van der Waals surface area contributed by atoms with E-state index in [0.717, 1.165) is 28.6 Å². The summed E-state index contributed by atoms with van der Waals surface area (Å²) in [6, 6.07) is 10.7. The lowest BCUT2D eigenvalue weighted by Gasteiger charge is -2.35. The number of H-pyrrole nitrogens is 1. The lowest BCUT2D eigenvalue weighted by atomic mass is 9.77. The van der Waals surface area contributed by atoms with Gasteiger partial charge in [0, 0.05) is 17.1 Å². The highest BCUT2D eigenvalue weighted by Gasteiger charge is 2.51. The summed E-state index contributed by atoms with van der Waals surface area (Å²) in [6.07, 6.45) is -0.823. The van der Waals surface area contributed by atoms with E-state index in [1.165, 1.54) is 12.1 Å². The molecular weight excluding hydrogens is 412 g/mol. The third kappa shape index (κ3) is 3.86. The van der Waals surface area contributed by atoms with Crippen molar-refractivity contribution < 1.29 is 27.1 Å². The minimum atomic E-state index is -4.33. The van der Waals surface area contributed by atoms with E-state index in [4.69, 9.17) is 4.74 Å². The van der Waals surface area contributed by atoms with Crippen LogP contribution in [-0.4, -0.2) is 22.7 Å². The fourth-order valence-corrected chi connectivity index (χ4v) is 3.92. The van der Waals surface area contributed by atoms with Crippen LogP contribution in [0.3, 0.4) is 0 Å². The smallest absolute Gasteiger partial charge is 0.416 e. The summed E-state index contributed by atoms with van der Waals surface area (Å²) in [5.74, 6) is 0.162. The number of nitrogens with one attached hydrogen (secondary N) is 2. The van der Waals surface area contributed by atoms with Crippen LogP contribution in [0.5, 0.6) is 5.75 Å². The molecule has 2 aliphatic carbocycles. The second-order valence-corrected chi connectivity index (χ2v) is 8.36. The van der Waals surface area contributed by atoms with Crippen molar-refractivity contribution in [3.63, 3.8) is 0 Å². The summed E-state index contributed by atoms with van der Waals surface area (Å²) in [5.41, 5.74) is -0.226. The number of hydrogen-bond donors (Lipinski definition) is 2. The SMILES string of the molecule is O=C(Nc1c[nH]c2ccc(OC3CC(c4ccc(C(F)(F)F)cc4)C3)cc12)C1(F)CC1. The number of fused-ring (bicyclic) bond motifs is 1. The van der Waals surface area contributed by atoms with E-state index in [1.807, 2.05) is 12.1 Å². The van der Waals surface area contributed by atoms with Crippen LogP contribution < -0.4 is 10.1 Å². The van der Waals surface area contributed by atoms with Crippen molar-refractivity contribution in [3.05, 3.63) is 59.8 Å². The van der Waals surface area contributed by atoms with Crippen LogP contribution in [0.25, 0.3) is 10.9 Å². The van der Waals surface area contributed by atoms with Crippen molar-refractivity contribution in [2.75, 3.05) is 5.32 Å². The fourth-order valence-electron chi connectivity index (χ4n) is 3.92. The fraction of sp³-hybridized carbons (Fsp3) is 0.348. The Hall–Kier alpha value is -3.03. The predicted octanol–water partition coefficient (Wildman–Crippen LogP) is 5.95. The minimum absolute atomic E-state index is 0.0395. The van der Waals surface area contributed by atoms with Crippen LogP contribution in [0.15, 0.2) is 48.7 Å². The molecule has 2 aromatic carbocycles. The molecule has 3 aromatic rings. The van der Waals surface area contributed by atoms with E-state index < -0.39 is 23.3 Å². The summed E-state index contributed by atoms with van der Waals surface area (Å²) in [4.78, 5) is 15.1. The van der Waals surface area contributed by atoms with Crippen molar-refractivity contribution in [1.29, 1.82) is 0 Å². The summed E-state index contributed by atoms with van der Waals surface area (Å²) < 4.78 is 58.1. The van der Waals surface area contributed by atoms with Crippen LogP contribution in [0.4, 0.5) is 23.2 Å². The molecule has 1 aromatic heterocycles. The van der Waals surface area contributed by atoms with E-state index in [2.05, 4.69) is 10.3 Å². The zero-order valence-corrected chi connectivity index (χ0v) is 16.4. The van der Waals surface area contributed by atoms with Gasteiger partial charge in [-0.1, -0.05) is 12.1 Å². The van der Waals surface area contributed by atoms with Gasteiger partial charge < -0.3 is 15.0 Å². The molecule has 2 fully saturated rings. The first-order valence-electron chi connectivity index (χ1n) is 10.2. The van der Waals surface area contributed by atoms with Crippen molar-refractivity contribution in [2.45, 2.75) is 49.6 Å². The van der Waals surface area contributed by atoms with E-state index in [1.54, 1.807) is 12.3 Å². The maximum Gasteiger partial charge on any atom is 0.416 e. The first-order valence-corrected chi connectivity index (χ1v) is 10.2. The van der Waals surface area contributed by atoms with Gasteiger partial charge in [-0.25, -0.2) is 4.39 Å². The van der Waals surface area contributed by atoms with Gasteiger partial charge in [-0.3, -0.25) is 4.79 Å². The maximum atomic E-state index is 13.9. The van der Waals surface area contributed by atoms with Gasteiger partial charge >= 0.3 is 6.18 Å². The van der Waals surface area contributed by atoms with Crippen LogP contribution in [0, 0.1) is 0 Å². The summed E-state index contributed by atoms with van der Waals surface area (Å²) in [5, 5.41) is 3.37. The molecule has 0 radical (unpaired) electrons. The molecule has 5 rings (SSSR count). The van der Waals surface area contributed by atoms with Crippen molar-refractivity contribution in [3.8, 4) is 5.75 Å². The number of benzene rings is 2. The average Bonchev–Trinajstić information content (AvgIpc) is 3.34. The third-order valence-electron chi connectivity index (χ3n) is 6.10. The number of carbonyl (C=O) groups excluding carboxylic acids is 1. The van der Waals surface area contributed by atoms with Crippen molar-refractivity contribution in [1.82, 2.24) is 4.98 Å². The average molecular weight is 432 g/mol. The Bertz CT molecular complexity index is 1130. The largest absolute Gasteiger partial charge is 0.490 e. The van der Waals surface area contributed by atoms with Gasteiger partial charge in [0.2, 0.25) is 0 Å². The van der Waals surface area contributed by atoms with E-state index in [-0.39, 0.29) is 24.9 Å². The Morgan fingerprint density at radius 3 is 2.45 bits per heavy atom. The minimum Gasteiger partial charge on any atom is -0.490 e. The van der Waals surface area contributed by atoms with Gasteiger partial charge in [0.25, 0.3) is 5.91 Å². The number of rotatable bonds is 5. The molecular formula is C23H20F4N2O2. The number of ether oxygens (including phenoxy) is 1. The topological polar surface area (TPSA) is 54.1 Å². The molecule has 0 saturated heterocycles. The van der Waals surface area contributed by atoms with Gasteiger partial charge in [0.15, 0.2) is 5.67 Å². The number of anilines is 1. The molecule has 4 nitrogen and oxygen atoms in total. The Labute approximate surface area is 175 Å². The number of amides is 1. The van der Waals surface area contributed by atoms with Crippen LogP contribution in [-0.2, 0) is 11.0 Å². The lowest BCUT2D eigenvalue weighted by molar-refractivity contribution is -0.137. The molecule has 2 N–H and O–H groups in total. The molecule has 0 aliphatic heterocycles. The first kappa shape index (κ1) is 19.9. The molecule has 0 atom stereocenters. The molecule has 0 bridgehead atoms. The molecule has 2 aliphatic rings. The zero-order valence-electron chi connectivity index (χ0n) is 16.4. The molecule has 1 heterocycles. The van der Waals surface area contributed by atoms with Crippen LogP contribution in [0.2, 0.25) is 0 Å². The Balaban J connectivity index is 1.22. The van der Waals surface area contributed by atoms with Crippen LogP contribution >= 0.6 is 0 Å². The quantitative estimate of drug-likeness (QED) is 0.490. The number of halogens is 4. The van der Waals surface area contributed by atoms with Gasteiger partial charge in [-0.2, -0.15) is 13.2 Å². The predicted molar refractivity (Wildman–Crippen MR) is 108 cm³/mol. The molecule has 162 valence electrons. The highest BCUT2D eigenvalue weighted by Crippen LogP contribution is 2.42. The van der Waals surface area contributed by atoms with Gasteiger partial charge in [0.05, 0.1) is 17.4 Å². The Kier molecular flexibility index (Phi) is 4.50. The molecule has 2 saturated carbocycles. The van der Waals surface area contributed by atoms with Gasteiger partial charge in [0.1, 0.15) is 5.75 Å². The Morgan fingerprint density at radius 2 is 1.81 bits per heavy atom. The maximum absolute atomic E-state index is 13.9. The number of hydrogen-bond acceptors (Lipinski definition) is 2. The highest BCUT2D eigenvalue weighted by atomic mass is 19.4. The Morgan fingerprint density at radius 1 is 1.10 bits per heavy atom. The van der Waals surface area contributed by atoms with Gasteiger partial charge in [-0.15, -0.1) is 0 Å². The standard InChI is InChI=1S/C23H20F4N2O2/c24-22(7-8-22)21(30)29-20-12-28-19-6-5-16(11-18(19)20)31-17-9-14(10-17)13-1-3-15(4-2-13)23(25,26)27/h1-6,11-12,14,17,28H,7-10H2,(H,29,30). The lowest BCUT2D eigenvalue weighted by Crippen LogP contribution is -2.32. The number of carbonyl (C=O) groups is 1. The number of alkyl halides is 4. The van der Waals surface area contributed by atoms with Crippen molar-refractivity contribution >= 4 is 22.5 Å². The third-order valence-corrected chi connectivity index (χ3v) is 6.10. The molecule has 31 heavy (non-hydrogen) atoms. The monoisotopic (exact) mass is 432 g/mol. The molecule has 1 amide bonds. The summed E-state index contributed by atoms with van der Waals surface area (Å²) in [6.45, 7) is 0. The van der Waals surface area contributed by atoms with E-state index >= 15 is 0 Å². The highest BCUT2D eigenvalue weighted by molar-refractivity contribution is 6.06. The number of aromatic nitrogens is 1. The second kappa shape index (κ2) is 7.00.